The van der Waals surface area contributed by atoms with Crippen LogP contribution in [0.15, 0.2) is 36.4 Å². The Morgan fingerprint density at radius 3 is 2.87 bits per heavy atom. The average molecular weight is 221 g/mol. The molecule has 0 amide bonds. The van der Waals surface area contributed by atoms with Crippen molar-refractivity contribution in [2.45, 2.75) is 11.7 Å². The second kappa shape index (κ2) is 2.85. The predicted molar refractivity (Wildman–Crippen MR) is 59.2 cm³/mol. The molecule has 1 aromatic carbocycles. The van der Waals surface area contributed by atoms with Crippen LogP contribution in [0, 0.1) is 0 Å². The predicted octanol–water partition coefficient (Wildman–Crippen LogP) is 1.84. The largest absolute Gasteiger partial charge is 0.266 e. The molecule has 1 unspecified atom stereocenters. The summed E-state index contributed by atoms with van der Waals surface area (Å²) in [6.07, 6.45) is 4.47. The Hall–Kier alpha value is -1.29. The monoisotopic (exact) mass is 221 g/mol. The molecule has 0 saturated heterocycles. The van der Waals surface area contributed by atoms with E-state index < -0.39 is 10.0 Å². The lowest BCUT2D eigenvalue weighted by atomic mass is 10.1. The van der Waals surface area contributed by atoms with Crippen LogP contribution in [-0.2, 0) is 10.0 Å². The van der Waals surface area contributed by atoms with Crippen molar-refractivity contribution >= 4 is 15.7 Å². The Morgan fingerprint density at radius 2 is 2.00 bits per heavy atom. The van der Waals surface area contributed by atoms with Crippen molar-refractivity contribution in [1.82, 2.24) is 0 Å². The van der Waals surface area contributed by atoms with Crippen molar-refractivity contribution in [3.63, 3.8) is 0 Å². The van der Waals surface area contributed by atoms with Gasteiger partial charge in [-0.1, -0.05) is 30.4 Å². The summed E-state index contributed by atoms with van der Waals surface area (Å²) in [5.41, 5.74) is 1.80. The fraction of sp³-hybridized carbons (Fsp3) is 0.273. The Balaban J connectivity index is 2.30. The van der Waals surface area contributed by atoms with Gasteiger partial charge in [-0.15, -0.1) is 0 Å². The molecule has 0 aromatic heterocycles. The summed E-state index contributed by atoms with van der Waals surface area (Å²) in [7, 11) is -3.15. The van der Waals surface area contributed by atoms with Crippen LogP contribution in [0.4, 0.5) is 5.69 Å². The third kappa shape index (κ3) is 1.08. The van der Waals surface area contributed by atoms with E-state index in [0.717, 1.165) is 11.3 Å². The Bertz CT molecular complexity index is 492. The zero-order valence-corrected chi connectivity index (χ0v) is 8.94. The fourth-order valence-corrected chi connectivity index (χ4v) is 4.19. The number of benzene rings is 1. The first-order valence-electron chi connectivity index (χ1n) is 4.97. The van der Waals surface area contributed by atoms with E-state index in [9.17, 15) is 8.42 Å². The van der Waals surface area contributed by atoms with Crippen LogP contribution in [0.5, 0.6) is 0 Å². The summed E-state index contributed by atoms with van der Waals surface area (Å²) in [4.78, 5) is 0. The van der Waals surface area contributed by atoms with Crippen LogP contribution >= 0.6 is 0 Å². The Labute approximate surface area is 89.1 Å². The molecule has 1 aromatic rings. The van der Waals surface area contributed by atoms with E-state index in [-0.39, 0.29) is 5.25 Å². The van der Waals surface area contributed by atoms with Gasteiger partial charge in [0, 0.05) is 0 Å². The first-order valence-corrected chi connectivity index (χ1v) is 6.47. The minimum atomic E-state index is -3.15. The zero-order chi connectivity index (χ0) is 10.5. The number of rotatable bonds is 0. The van der Waals surface area contributed by atoms with E-state index in [4.69, 9.17) is 0 Å². The van der Waals surface area contributed by atoms with Crippen LogP contribution in [0.2, 0.25) is 0 Å². The van der Waals surface area contributed by atoms with Gasteiger partial charge in [0.2, 0.25) is 10.0 Å². The standard InChI is InChI=1S/C11H11NO2S/c13-15(14)11-7-3-4-8-12(15)10-6-2-1-5-9(10)11/h1-6,11H,7-8H2. The van der Waals surface area contributed by atoms with Gasteiger partial charge in [-0.3, -0.25) is 4.31 Å². The van der Waals surface area contributed by atoms with Gasteiger partial charge < -0.3 is 0 Å². The van der Waals surface area contributed by atoms with E-state index in [1.54, 1.807) is 0 Å². The first-order chi connectivity index (χ1) is 7.21. The fourth-order valence-electron chi connectivity index (χ4n) is 2.28. The number of fused-ring (bicyclic) bond motifs is 5. The number of anilines is 1. The highest BCUT2D eigenvalue weighted by molar-refractivity contribution is 7.93. The molecule has 1 atom stereocenters. The number of sulfonamides is 1. The topological polar surface area (TPSA) is 37.4 Å². The van der Waals surface area contributed by atoms with Gasteiger partial charge in [0.1, 0.15) is 5.25 Å². The van der Waals surface area contributed by atoms with Crippen molar-refractivity contribution in [3.05, 3.63) is 42.0 Å². The van der Waals surface area contributed by atoms with E-state index in [0.29, 0.717) is 13.0 Å². The van der Waals surface area contributed by atoms with Crippen molar-refractivity contribution < 1.29 is 8.42 Å². The summed E-state index contributed by atoms with van der Waals surface area (Å²) >= 11 is 0. The molecule has 2 bridgehead atoms. The number of nitrogens with zero attached hydrogens (tertiary/aromatic N) is 1. The van der Waals surface area contributed by atoms with Crippen LogP contribution in [0.25, 0.3) is 0 Å². The number of hydrogen-bond acceptors (Lipinski definition) is 2. The highest BCUT2D eigenvalue weighted by atomic mass is 32.2. The van der Waals surface area contributed by atoms with Gasteiger partial charge in [0.15, 0.2) is 0 Å². The lowest BCUT2D eigenvalue weighted by molar-refractivity contribution is 0.585. The lowest BCUT2D eigenvalue weighted by Crippen LogP contribution is -2.27. The molecule has 78 valence electrons. The second-order valence-electron chi connectivity index (χ2n) is 3.83. The molecular weight excluding hydrogens is 210 g/mol. The maximum atomic E-state index is 12.1. The maximum Gasteiger partial charge on any atom is 0.242 e. The van der Waals surface area contributed by atoms with Crippen molar-refractivity contribution in [2.24, 2.45) is 0 Å². The van der Waals surface area contributed by atoms with Gasteiger partial charge in [-0.2, -0.15) is 0 Å². The average Bonchev–Trinajstić information content (AvgIpc) is 2.29. The molecule has 2 heterocycles. The SMILES string of the molecule is O=S1(=O)C2CC=CCN1c1ccccc12. The molecule has 4 heteroatoms. The third-order valence-electron chi connectivity index (χ3n) is 3.01. The zero-order valence-electron chi connectivity index (χ0n) is 8.13. The minimum Gasteiger partial charge on any atom is -0.266 e. The molecule has 0 saturated carbocycles. The summed E-state index contributed by atoms with van der Waals surface area (Å²) < 4.78 is 25.8. The first kappa shape index (κ1) is 8.97. The number of para-hydroxylation sites is 1. The van der Waals surface area contributed by atoms with Gasteiger partial charge in [0.25, 0.3) is 0 Å². The summed E-state index contributed by atoms with van der Waals surface area (Å²) in [6.45, 7) is 0.468. The normalized spacial score (nSPS) is 26.1. The molecule has 0 fully saturated rings. The quantitative estimate of drug-likeness (QED) is 0.627. The van der Waals surface area contributed by atoms with Gasteiger partial charge >= 0.3 is 0 Å². The van der Waals surface area contributed by atoms with Gasteiger partial charge in [0.05, 0.1) is 12.2 Å². The van der Waals surface area contributed by atoms with Crippen molar-refractivity contribution in [3.8, 4) is 0 Å². The molecule has 3 nitrogen and oxygen atoms in total. The number of allylic oxidation sites excluding steroid dienone is 1. The summed E-state index contributed by atoms with van der Waals surface area (Å²) in [6, 6.07) is 7.58. The molecule has 0 spiro atoms. The van der Waals surface area contributed by atoms with E-state index >= 15 is 0 Å². The molecule has 2 aliphatic rings. The van der Waals surface area contributed by atoms with E-state index in [2.05, 4.69) is 0 Å². The van der Waals surface area contributed by atoms with Crippen LogP contribution in [0.1, 0.15) is 17.2 Å². The van der Waals surface area contributed by atoms with Crippen molar-refractivity contribution in [1.29, 1.82) is 0 Å². The molecule has 0 N–H and O–H groups in total. The molecular formula is C11H11NO2S. The molecule has 3 rings (SSSR count). The maximum absolute atomic E-state index is 12.1. The summed E-state index contributed by atoms with van der Waals surface area (Å²) in [5.74, 6) is 0. The Kier molecular flexibility index (Phi) is 1.71. The van der Waals surface area contributed by atoms with Crippen LogP contribution in [-0.4, -0.2) is 15.0 Å². The molecule has 2 aliphatic heterocycles. The van der Waals surface area contributed by atoms with Gasteiger partial charge in [-0.05, 0) is 18.1 Å². The van der Waals surface area contributed by atoms with E-state index in [1.807, 2.05) is 36.4 Å². The molecule has 15 heavy (non-hydrogen) atoms. The lowest BCUT2D eigenvalue weighted by Gasteiger charge is -2.15. The highest BCUT2D eigenvalue weighted by Gasteiger charge is 2.42. The molecule has 0 radical (unpaired) electrons. The van der Waals surface area contributed by atoms with E-state index in [1.165, 1.54) is 4.31 Å². The third-order valence-corrected chi connectivity index (χ3v) is 5.13. The van der Waals surface area contributed by atoms with Crippen LogP contribution < -0.4 is 4.31 Å². The summed E-state index contributed by atoms with van der Waals surface area (Å²) in [5, 5.41) is -0.368. The smallest absolute Gasteiger partial charge is 0.242 e. The van der Waals surface area contributed by atoms with Crippen molar-refractivity contribution in [2.75, 3.05) is 10.8 Å². The molecule has 0 aliphatic carbocycles. The highest BCUT2D eigenvalue weighted by Crippen LogP contribution is 2.45. The van der Waals surface area contributed by atoms with Crippen LogP contribution in [0.3, 0.4) is 0 Å². The second-order valence-corrected chi connectivity index (χ2v) is 5.87. The Morgan fingerprint density at radius 1 is 1.20 bits per heavy atom. The number of hydrogen-bond donors (Lipinski definition) is 0. The van der Waals surface area contributed by atoms with Gasteiger partial charge in [-0.25, -0.2) is 8.42 Å². The minimum absolute atomic E-state index is 0.368.